The largest absolute Gasteiger partial charge is 0.459 e. The molecule has 8 heteroatoms. The van der Waals surface area contributed by atoms with Crippen LogP contribution in [0.15, 0.2) is 47.1 Å². The van der Waals surface area contributed by atoms with Gasteiger partial charge < -0.3 is 25.1 Å². The van der Waals surface area contributed by atoms with Crippen molar-refractivity contribution in [2.45, 2.75) is 0 Å². The first-order valence-corrected chi connectivity index (χ1v) is 7.63. The van der Waals surface area contributed by atoms with E-state index in [-0.39, 0.29) is 30.0 Å². The van der Waals surface area contributed by atoms with E-state index in [2.05, 4.69) is 16.0 Å². The van der Waals surface area contributed by atoms with E-state index in [1.165, 1.54) is 6.26 Å². The van der Waals surface area contributed by atoms with Crippen LogP contribution in [0.3, 0.4) is 0 Å². The number of halogens is 1. The van der Waals surface area contributed by atoms with Gasteiger partial charge in [-0.15, -0.1) is 12.4 Å². The molecule has 2 rings (SSSR count). The number of methoxy groups -OCH3 is 1. The molecule has 0 aliphatic carbocycles. The number of carbonyl (C=O) groups is 2. The van der Waals surface area contributed by atoms with Gasteiger partial charge in [0, 0.05) is 38.0 Å². The molecule has 0 aliphatic rings. The molecule has 0 fully saturated rings. The molecular formula is C17H22ClN3O4. The van der Waals surface area contributed by atoms with Gasteiger partial charge in [-0.2, -0.15) is 0 Å². The zero-order valence-electron chi connectivity index (χ0n) is 13.9. The number of hydrogen-bond acceptors (Lipinski definition) is 5. The van der Waals surface area contributed by atoms with Crippen molar-refractivity contribution >= 4 is 29.9 Å². The number of nitrogens with one attached hydrogen (secondary N) is 3. The summed E-state index contributed by atoms with van der Waals surface area (Å²) in [6, 6.07) is 9.94. The molecule has 2 amide bonds. The number of furan rings is 1. The third kappa shape index (κ3) is 6.96. The van der Waals surface area contributed by atoms with E-state index in [1.807, 2.05) is 0 Å². The summed E-state index contributed by atoms with van der Waals surface area (Å²) >= 11 is 0. The van der Waals surface area contributed by atoms with Gasteiger partial charge in [0.2, 0.25) is 0 Å². The minimum atomic E-state index is -0.361. The zero-order chi connectivity index (χ0) is 17.2. The minimum Gasteiger partial charge on any atom is -0.459 e. The minimum absolute atomic E-state index is 0. The van der Waals surface area contributed by atoms with E-state index in [0.29, 0.717) is 30.9 Å². The van der Waals surface area contributed by atoms with Crippen LogP contribution in [-0.2, 0) is 4.74 Å². The van der Waals surface area contributed by atoms with E-state index in [9.17, 15) is 9.59 Å². The van der Waals surface area contributed by atoms with Crippen LogP contribution in [0.1, 0.15) is 20.9 Å². The van der Waals surface area contributed by atoms with E-state index in [0.717, 1.165) is 6.54 Å². The van der Waals surface area contributed by atoms with Crippen molar-refractivity contribution in [3.63, 3.8) is 0 Å². The van der Waals surface area contributed by atoms with Crippen molar-refractivity contribution in [3.8, 4) is 0 Å². The van der Waals surface area contributed by atoms with Gasteiger partial charge in [0.15, 0.2) is 5.76 Å². The normalized spacial score (nSPS) is 9.96. The van der Waals surface area contributed by atoms with E-state index >= 15 is 0 Å². The molecule has 0 spiro atoms. The molecule has 3 N–H and O–H groups in total. The molecule has 0 bridgehead atoms. The Balaban J connectivity index is 0.00000312. The Kier molecular flexibility index (Phi) is 9.31. The van der Waals surface area contributed by atoms with Gasteiger partial charge in [-0.3, -0.25) is 9.59 Å². The van der Waals surface area contributed by atoms with Crippen LogP contribution >= 0.6 is 12.4 Å². The van der Waals surface area contributed by atoms with Crippen LogP contribution in [0.25, 0.3) is 0 Å². The Morgan fingerprint density at radius 1 is 1.08 bits per heavy atom. The molecule has 1 aromatic heterocycles. The Hall–Kier alpha value is -2.35. The second-order valence-electron chi connectivity index (χ2n) is 5.01. The van der Waals surface area contributed by atoms with E-state index in [4.69, 9.17) is 9.15 Å². The monoisotopic (exact) mass is 367 g/mol. The van der Waals surface area contributed by atoms with E-state index in [1.54, 1.807) is 43.5 Å². The fourth-order valence-electron chi connectivity index (χ4n) is 2.00. The van der Waals surface area contributed by atoms with Gasteiger partial charge in [0.05, 0.1) is 12.9 Å². The van der Waals surface area contributed by atoms with E-state index < -0.39 is 0 Å². The summed E-state index contributed by atoms with van der Waals surface area (Å²) in [5.41, 5.74) is 1.01. The smallest absolute Gasteiger partial charge is 0.291 e. The summed E-state index contributed by atoms with van der Waals surface area (Å²) in [5.74, 6) is -0.343. The van der Waals surface area contributed by atoms with Crippen molar-refractivity contribution in [1.82, 2.24) is 10.6 Å². The number of benzene rings is 1. The standard InChI is InChI=1S/C17H21N3O4.ClH/c1-23-11-9-18-7-8-19-16(21)13-4-2-5-14(12-13)20-17(22)15-6-3-10-24-15;/h2-6,10,12,18H,7-9,11H2,1H3,(H,19,21)(H,20,22);1H. The second kappa shape index (κ2) is 11.2. The highest BCUT2D eigenvalue weighted by Crippen LogP contribution is 2.12. The SMILES string of the molecule is COCCNCCNC(=O)c1cccc(NC(=O)c2ccco2)c1.Cl. The molecule has 2 aromatic rings. The molecule has 1 heterocycles. The maximum atomic E-state index is 12.1. The summed E-state index contributed by atoms with van der Waals surface area (Å²) in [7, 11) is 1.64. The van der Waals surface area contributed by atoms with Gasteiger partial charge in [-0.1, -0.05) is 6.07 Å². The molecular weight excluding hydrogens is 346 g/mol. The highest BCUT2D eigenvalue weighted by molar-refractivity contribution is 6.03. The Morgan fingerprint density at radius 2 is 1.92 bits per heavy atom. The second-order valence-corrected chi connectivity index (χ2v) is 5.01. The summed E-state index contributed by atoms with van der Waals surface area (Å²) in [6.45, 7) is 2.53. The van der Waals surface area contributed by atoms with Gasteiger partial charge in [-0.05, 0) is 30.3 Å². The number of rotatable bonds is 9. The summed E-state index contributed by atoms with van der Waals surface area (Å²) in [4.78, 5) is 24.0. The highest BCUT2D eigenvalue weighted by Gasteiger charge is 2.10. The summed E-state index contributed by atoms with van der Waals surface area (Å²) < 4.78 is 9.95. The molecule has 0 aliphatic heterocycles. The molecule has 0 saturated heterocycles. The molecule has 7 nitrogen and oxygen atoms in total. The predicted octanol–water partition coefficient (Wildman–Crippen LogP) is 1.92. The van der Waals surface area contributed by atoms with Crippen LogP contribution in [0.5, 0.6) is 0 Å². The van der Waals surface area contributed by atoms with Gasteiger partial charge >= 0.3 is 0 Å². The van der Waals surface area contributed by atoms with Gasteiger partial charge in [0.25, 0.3) is 11.8 Å². The lowest BCUT2D eigenvalue weighted by atomic mass is 10.2. The number of hydrogen-bond donors (Lipinski definition) is 3. The third-order valence-electron chi connectivity index (χ3n) is 3.20. The van der Waals surface area contributed by atoms with Crippen molar-refractivity contribution in [1.29, 1.82) is 0 Å². The molecule has 25 heavy (non-hydrogen) atoms. The van der Waals surface area contributed by atoms with Crippen LogP contribution < -0.4 is 16.0 Å². The lowest BCUT2D eigenvalue weighted by Gasteiger charge is -2.08. The predicted molar refractivity (Wildman–Crippen MR) is 97.4 cm³/mol. The zero-order valence-corrected chi connectivity index (χ0v) is 14.7. The average Bonchev–Trinajstić information content (AvgIpc) is 3.13. The Labute approximate surface area is 152 Å². The molecule has 0 radical (unpaired) electrons. The first kappa shape index (κ1) is 20.7. The third-order valence-corrected chi connectivity index (χ3v) is 3.20. The van der Waals surface area contributed by atoms with Crippen LogP contribution in [0.2, 0.25) is 0 Å². The van der Waals surface area contributed by atoms with Crippen LogP contribution in [0.4, 0.5) is 5.69 Å². The Bertz CT molecular complexity index is 662. The fraction of sp³-hybridized carbons (Fsp3) is 0.294. The topological polar surface area (TPSA) is 92.6 Å². The summed E-state index contributed by atoms with van der Waals surface area (Å²) in [5, 5.41) is 8.64. The Morgan fingerprint density at radius 3 is 2.64 bits per heavy atom. The maximum absolute atomic E-state index is 12.1. The lowest BCUT2D eigenvalue weighted by Crippen LogP contribution is -2.33. The highest BCUT2D eigenvalue weighted by atomic mass is 35.5. The van der Waals surface area contributed by atoms with Crippen molar-refractivity contribution in [2.75, 3.05) is 38.7 Å². The number of anilines is 1. The summed E-state index contributed by atoms with van der Waals surface area (Å²) in [6.07, 6.45) is 1.43. The molecule has 0 saturated carbocycles. The molecule has 136 valence electrons. The molecule has 0 unspecified atom stereocenters. The van der Waals surface area contributed by atoms with Crippen LogP contribution in [0, 0.1) is 0 Å². The fourth-order valence-corrected chi connectivity index (χ4v) is 2.00. The molecule has 0 atom stereocenters. The first-order chi connectivity index (χ1) is 11.7. The number of carbonyl (C=O) groups excluding carboxylic acids is 2. The first-order valence-electron chi connectivity index (χ1n) is 7.63. The van der Waals surface area contributed by atoms with Crippen molar-refractivity contribution in [2.24, 2.45) is 0 Å². The van der Waals surface area contributed by atoms with Crippen molar-refractivity contribution < 1.29 is 18.7 Å². The van der Waals surface area contributed by atoms with Crippen molar-refractivity contribution in [3.05, 3.63) is 54.0 Å². The van der Waals surface area contributed by atoms with Gasteiger partial charge in [0.1, 0.15) is 0 Å². The van der Waals surface area contributed by atoms with Gasteiger partial charge in [-0.25, -0.2) is 0 Å². The lowest BCUT2D eigenvalue weighted by molar-refractivity contribution is 0.0951. The maximum Gasteiger partial charge on any atom is 0.291 e. The molecule has 1 aromatic carbocycles. The quantitative estimate of drug-likeness (QED) is 0.589. The number of amides is 2. The average molecular weight is 368 g/mol. The van der Waals surface area contributed by atoms with Crippen LogP contribution in [-0.4, -0.2) is 45.2 Å². The number of ether oxygens (including phenoxy) is 1.